The second-order valence-electron chi connectivity index (χ2n) is 12.5. The summed E-state index contributed by atoms with van der Waals surface area (Å²) in [6.07, 6.45) is 0. The van der Waals surface area contributed by atoms with Crippen LogP contribution in [-0.2, 0) is 9.13 Å². The number of fused-ring (bicyclic) bond motifs is 6. The Kier molecular flexibility index (Phi) is 8.50. The molecule has 4 aromatic heterocycles. The first-order valence-electron chi connectivity index (χ1n) is 16.8. The Labute approximate surface area is 309 Å². The molecule has 2 atom stereocenters. The van der Waals surface area contributed by atoms with Gasteiger partial charge in [-0.15, -0.1) is 9.79 Å². The van der Waals surface area contributed by atoms with Gasteiger partial charge in [-0.3, -0.25) is 0 Å². The van der Waals surface area contributed by atoms with Crippen LogP contribution in [0.25, 0.3) is 88.6 Å². The van der Waals surface area contributed by atoms with Crippen molar-refractivity contribution < 1.29 is 28.0 Å². The third-order valence-corrected chi connectivity index (χ3v) is 9.89. The summed E-state index contributed by atoms with van der Waals surface area (Å²) in [5.74, 6) is 0.604. The number of nitrogens with zero attached hydrogens (tertiary/aromatic N) is 4. The monoisotopic (exact) mass is 744 g/mol. The first-order valence-corrected chi connectivity index (χ1v) is 19.0. The maximum Gasteiger partial charge on any atom is 0.747 e. The number of rotatable bonds is 8. The van der Waals surface area contributed by atoms with E-state index in [0.717, 1.165) is 88.6 Å². The first-order chi connectivity index (χ1) is 26.3. The van der Waals surface area contributed by atoms with Crippen LogP contribution < -0.4 is 9.05 Å². The van der Waals surface area contributed by atoms with Gasteiger partial charge in [-0.2, -0.15) is 0 Å². The molecule has 0 saturated heterocycles. The van der Waals surface area contributed by atoms with Crippen molar-refractivity contribution in [2.24, 2.45) is 0 Å². The van der Waals surface area contributed by atoms with Gasteiger partial charge in [-0.25, -0.2) is 29.0 Å². The molecule has 4 heterocycles. The second-order valence-corrected chi connectivity index (χ2v) is 13.8. The van der Waals surface area contributed by atoms with Crippen LogP contribution in [0.3, 0.4) is 0 Å². The average molecular weight is 745 g/mol. The Balaban J connectivity index is 1.08. The van der Waals surface area contributed by atoms with Gasteiger partial charge in [0.05, 0.1) is 44.8 Å². The number of aromatic nitrogens is 4. The molecule has 2 unspecified atom stereocenters. The van der Waals surface area contributed by atoms with Crippen molar-refractivity contribution in [2.75, 3.05) is 0 Å². The predicted molar refractivity (Wildman–Crippen MR) is 210 cm³/mol. The van der Waals surface area contributed by atoms with Crippen LogP contribution in [-0.4, -0.2) is 29.7 Å². The summed E-state index contributed by atoms with van der Waals surface area (Å²) < 4.78 is 32.0. The molecule has 54 heavy (non-hydrogen) atoms. The van der Waals surface area contributed by atoms with Gasteiger partial charge in [0, 0.05) is 52.9 Å². The summed E-state index contributed by atoms with van der Waals surface area (Å²) in [7, 11) is -5.48. The highest BCUT2D eigenvalue weighted by Crippen LogP contribution is 2.34. The van der Waals surface area contributed by atoms with E-state index in [1.807, 2.05) is 78.9 Å². The topological polar surface area (TPSA) is 145 Å². The molecule has 0 spiro atoms. The molecule has 0 radical (unpaired) electrons. The molecule has 0 aliphatic carbocycles. The first kappa shape index (κ1) is 33.3. The van der Waals surface area contributed by atoms with Gasteiger partial charge in [-0.05, 0) is 78.9 Å². The predicted octanol–water partition coefficient (Wildman–Crippen LogP) is 10.6. The quantitative estimate of drug-likeness (QED) is 0.114. The third kappa shape index (κ3) is 6.51. The summed E-state index contributed by atoms with van der Waals surface area (Å²) >= 11 is 0. The highest BCUT2D eigenvalue weighted by atomic mass is 31.1. The Bertz CT molecular complexity index is 2760. The fraction of sp³-hybridized carbons (Fsp3) is 0. The van der Waals surface area contributed by atoms with E-state index in [1.54, 1.807) is 48.5 Å². The smallest absolute Gasteiger partial charge is 0.245 e. The molecule has 5 aromatic carbocycles. The molecule has 9 rings (SSSR count). The van der Waals surface area contributed by atoms with E-state index in [2.05, 4.69) is 18.2 Å². The summed E-state index contributed by atoms with van der Waals surface area (Å²) in [6, 6.07) is 46.1. The van der Waals surface area contributed by atoms with E-state index < -0.39 is 16.5 Å². The SMILES string of the molecule is O=[P+](O)Oc1ccc(-c2ccc3ccc4ccc(-c5cccc(-c6ccc7ccc8ccc(-c9ccc(O[P+](=O)O)cc9)nc8c7n6)c5)nc4c3n2)cc1. The highest BCUT2D eigenvalue weighted by Gasteiger charge is 2.16. The Morgan fingerprint density at radius 2 is 0.667 bits per heavy atom. The zero-order chi connectivity index (χ0) is 36.8. The standard InChI is InChI=1S/C42H24N4O6P2/c47-53(48)51-33-16-8-25(9-17-33)35-20-12-27-4-6-29-14-22-37(45-41(29)39(27)43-35)31-2-1-3-32(24-31)38-23-15-30-7-5-28-13-21-36(44-40(28)42(30)46-38)26-10-18-34(19-11-26)52-54(49)50/h1-24H/p+2. The molecule has 9 aromatic rings. The lowest BCUT2D eigenvalue weighted by Crippen LogP contribution is -1.92. The van der Waals surface area contributed by atoms with Crippen LogP contribution in [0.2, 0.25) is 0 Å². The van der Waals surface area contributed by atoms with E-state index in [1.165, 1.54) is 0 Å². The molecule has 12 heteroatoms. The Morgan fingerprint density at radius 1 is 0.370 bits per heavy atom. The number of hydrogen-bond acceptors (Lipinski definition) is 8. The van der Waals surface area contributed by atoms with E-state index in [4.69, 9.17) is 38.8 Å². The molecule has 0 fully saturated rings. The van der Waals surface area contributed by atoms with E-state index in [9.17, 15) is 9.13 Å². The minimum Gasteiger partial charge on any atom is -0.245 e. The fourth-order valence-electron chi connectivity index (χ4n) is 6.57. The zero-order valence-corrected chi connectivity index (χ0v) is 29.9. The highest BCUT2D eigenvalue weighted by molar-refractivity contribution is 7.32. The van der Waals surface area contributed by atoms with Crippen LogP contribution in [0.4, 0.5) is 0 Å². The molecular formula is C42H26N4O6P2+2. The lowest BCUT2D eigenvalue weighted by atomic mass is 10.0. The summed E-state index contributed by atoms with van der Waals surface area (Å²) in [4.78, 5) is 38.4. The minimum atomic E-state index is -2.74. The van der Waals surface area contributed by atoms with E-state index in [-0.39, 0.29) is 0 Å². The van der Waals surface area contributed by atoms with Crippen molar-refractivity contribution in [3.8, 4) is 56.5 Å². The lowest BCUT2D eigenvalue weighted by molar-refractivity contribution is 0.409. The van der Waals surface area contributed by atoms with Crippen LogP contribution in [0.5, 0.6) is 11.5 Å². The second kappa shape index (κ2) is 13.8. The fourth-order valence-corrected chi connectivity index (χ4v) is 7.17. The van der Waals surface area contributed by atoms with E-state index in [0.29, 0.717) is 11.5 Å². The molecule has 0 aliphatic heterocycles. The molecule has 0 amide bonds. The molecule has 2 N–H and O–H groups in total. The van der Waals surface area contributed by atoms with Gasteiger partial charge in [0.25, 0.3) is 0 Å². The van der Waals surface area contributed by atoms with Gasteiger partial charge in [0.1, 0.15) is 0 Å². The van der Waals surface area contributed by atoms with Gasteiger partial charge >= 0.3 is 16.5 Å². The lowest BCUT2D eigenvalue weighted by Gasteiger charge is -2.10. The van der Waals surface area contributed by atoms with Crippen molar-refractivity contribution in [3.63, 3.8) is 0 Å². The summed E-state index contributed by atoms with van der Waals surface area (Å²) in [6.45, 7) is 0. The average Bonchev–Trinajstić information content (AvgIpc) is 3.20. The van der Waals surface area contributed by atoms with Crippen molar-refractivity contribution in [2.45, 2.75) is 0 Å². The Hall–Kier alpha value is -6.54. The van der Waals surface area contributed by atoms with Crippen LogP contribution in [0.15, 0.2) is 146 Å². The van der Waals surface area contributed by atoms with Gasteiger partial charge in [-0.1, -0.05) is 66.7 Å². The molecule has 0 aliphatic rings. The maximum absolute atomic E-state index is 11.1. The number of pyridine rings is 4. The molecular weight excluding hydrogens is 718 g/mol. The molecule has 0 bridgehead atoms. The van der Waals surface area contributed by atoms with Crippen LogP contribution in [0, 0.1) is 0 Å². The third-order valence-electron chi connectivity index (χ3n) is 9.16. The Morgan fingerprint density at radius 3 is 0.981 bits per heavy atom. The molecule has 258 valence electrons. The van der Waals surface area contributed by atoms with Gasteiger partial charge in [0.15, 0.2) is 11.5 Å². The zero-order valence-electron chi connectivity index (χ0n) is 28.1. The molecule has 10 nitrogen and oxygen atoms in total. The largest absolute Gasteiger partial charge is 0.747 e. The van der Waals surface area contributed by atoms with Crippen molar-refractivity contribution in [1.29, 1.82) is 0 Å². The summed E-state index contributed by atoms with van der Waals surface area (Å²) in [5.41, 5.74) is 9.69. The van der Waals surface area contributed by atoms with Gasteiger partial charge in [0.2, 0.25) is 0 Å². The van der Waals surface area contributed by atoms with Crippen molar-refractivity contribution >= 4 is 60.1 Å². The number of benzene rings is 5. The van der Waals surface area contributed by atoms with Crippen molar-refractivity contribution in [1.82, 2.24) is 19.9 Å². The number of hydrogen-bond donors (Lipinski definition) is 2. The van der Waals surface area contributed by atoms with Gasteiger partial charge < -0.3 is 0 Å². The minimum absolute atomic E-state index is 0.302. The van der Waals surface area contributed by atoms with Crippen molar-refractivity contribution in [3.05, 3.63) is 146 Å². The maximum atomic E-state index is 11.1. The van der Waals surface area contributed by atoms with Crippen LogP contribution in [0.1, 0.15) is 0 Å². The van der Waals surface area contributed by atoms with E-state index >= 15 is 0 Å². The summed E-state index contributed by atoms with van der Waals surface area (Å²) in [5, 5.41) is 3.83. The van der Waals surface area contributed by atoms with Crippen LogP contribution >= 0.6 is 16.5 Å². The normalized spacial score (nSPS) is 12.0. The molecule has 0 saturated carbocycles.